The largest absolute Gasteiger partial charge is 0.316 e. The molecule has 2 aliphatic rings. The molecular weight excluding hydrogens is 114 g/mol. The van der Waals surface area contributed by atoms with E-state index in [-0.39, 0.29) is 0 Å². The zero-order valence-corrected chi connectivity index (χ0v) is 5.55. The molecule has 1 saturated heterocycles. The number of carbonyl (C=O) groups excluding carboxylic acids is 1. The molecule has 0 aromatic rings. The fourth-order valence-electron chi connectivity index (χ4n) is 2.02. The van der Waals surface area contributed by atoms with Gasteiger partial charge in [-0.05, 0) is 31.8 Å². The van der Waals surface area contributed by atoms with Gasteiger partial charge in [0.25, 0.3) is 0 Å². The molecule has 0 aromatic carbocycles. The van der Waals surface area contributed by atoms with Gasteiger partial charge in [-0.3, -0.25) is 4.79 Å². The topological polar surface area (TPSA) is 29.1 Å². The Bertz CT molecular complexity index is 145. The van der Waals surface area contributed by atoms with Gasteiger partial charge in [0.2, 0.25) is 0 Å². The van der Waals surface area contributed by atoms with Gasteiger partial charge in [-0.15, -0.1) is 0 Å². The second-order valence-electron chi connectivity index (χ2n) is 3.12. The molecule has 50 valence electrons. The summed E-state index contributed by atoms with van der Waals surface area (Å²) in [6.45, 7) is 3.87. The molecular formula is C7H11NO. The van der Waals surface area contributed by atoms with Crippen LogP contribution in [0, 0.1) is 17.8 Å². The lowest BCUT2D eigenvalue weighted by Crippen LogP contribution is -2.17. The van der Waals surface area contributed by atoms with Crippen LogP contribution in [-0.4, -0.2) is 18.9 Å². The first-order valence-corrected chi connectivity index (χ1v) is 3.52. The Morgan fingerprint density at radius 2 is 2.00 bits per heavy atom. The van der Waals surface area contributed by atoms with Crippen LogP contribution in [0.25, 0.3) is 0 Å². The Morgan fingerprint density at radius 3 is 2.33 bits per heavy atom. The van der Waals surface area contributed by atoms with Gasteiger partial charge >= 0.3 is 0 Å². The van der Waals surface area contributed by atoms with E-state index in [0.717, 1.165) is 13.1 Å². The Hall–Kier alpha value is -0.370. The predicted molar refractivity (Wildman–Crippen MR) is 34.0 cm³/mol. The third kappa shape index (κ3) is 0.628. The van der Waals surface area contributed by atoms with E-state index < -0.39 is 0 Å². The molecule has 0 radical (unpaired) electrons. The van der Waals surface area contributed by atoms with Gasteiger partial charge in [0.15, 0.2) is 0 Å². The summed E-state index contributed by atoms with van der Waals surface area (Å²) < 4.78 is 0. The molecule has 2 fully saturated rings. The van der Waals surface area contributed by atoms with Crippen molar-refractivity contribution in [3.8, 4) is 0 Å². The normalized spacial score (nSPS) is 46.6. The molecule has 1 aliphatic heterocycles. The molecule has 2 heteroatoms. The number of rotatable bonds is 1. The fourth-order valence-corrected chi connectivity index (χ4v) is 2.02. The number of nitrogens with one attached hydrogen (secondary N) is 1. The van der Waals surface area contributed by atoms with E-state index in [9.17, 15) is 4.79 Å². The number of hydrogen-bond acceptors (Lipinski definition) is 2. The third-order valence-electron chi connectivity index (χ3n) is 2.56. The highest BCUT2D eigenvalue weighted by Gasteiger charge is 2.55. The SMILES string of the molecule is CC(=O)C1C2CNCC21. The average molecular weight is 125 g/mol. The number of piperidine rings is 1. The van der Waals surface area contributed by atoms with Gasteiger partial charge in [0, 0.05) is 5.92 Å². The van der Waals surface area contributed by atoms with Gasteiger partial charge in [-0.1, -0.05) is 0 Å². The van der Waals surface area contributed by atoms with Crippen molar-refractivity contribution in [2.24, 2.45) is 17.8 Å². The lowest BCUT2D eigenvalue weighted by molar-refractivity contribution is -0.118. The van der Waals surface area contributed by atoms with Crippen LogP contribution < -0.4 is 5.32 Å². The molecule has 1 heterocycles. The zero-order valence-electron chi connectivity index (χ0n) is 5.55. The van der Waals surface area contributed by atoms with E-state index in [4.69, 9.17) is 0 Å². The van der Waals surface area contributed by atoms with Crippen LogP contribution in [0.1, 0.15) is 6.92 Å². The molecule has 0 aromatic heterocycles. The summed E-state index contributed by atoms with van der Waals surface area (Å²) in [5.74, 6) is 2.25. The highest BCUT2D eigenvalue weighted by Crippen LogP contribution is 2.48. The summed E-state index contributed by atoms with van der Waals surface area (Å²) in [6.07, 6.45) is 0. The maximum Gasteiger partial charge on any atom is 0.133 e. The van der Waals surface area contributed by atoms with Gasteiger partial charge in [-0.2, -0.15) is 0 Å². The number of Topliss-reactive ketones (excluding diaryl/α,β-unsaturated/α-hetero) is 1. The number of ketones is 1. The highest BCUT2D eigenvalue weighted by molar-refractivity contribution is 5.82. The van der Waals surface area contributed by atoms with Crippen molar-refractivity contribution in [2.45, 2.75) is 6.92 Å². The lowest BCUT2D eigenvalue weighted by atomic mass is 10.2. The second kappa shape index (κ2) is 1.57. The molecule has 2 rings (SSSR count). The van der Waals surface area contributed by atoms with Gasteiger partial charge in [0.05, 0.1) is 0 Å². The first-order valence-electron chi connectivity index (χ1n) is 3.52. The van der Waals surface area contributed by atoms with E-state index in [1.54, 1.807) is 6.92 Å². The number of fused-ring (bicyclic) bond motifs is 1. The van der Waals surface area contributed by atoms with Crippen molar-refractivity contribution in [2.75, 3.05) is 13.1 Å². The molecule has 0 spiro atoms. The number of hydrogen-bond donors (Lipinski definition) is 1. The van der Waals surface area contributed by atoms with Crippen LogP contribution in [0.3, 0.4) is 0 Å². The standard InChI is InChI=1S/C7H11NO/c1-4(9)7-5-2-8-3-6(5)7/h5-8H,2-3H2,1H3. The van der Waals surface area contributed by atoms with Crippen LogP contribution in [-0.2, 0) is 4.79 Å². The monoisotopic (exact) mass is 125 g/mol. The maximum absolute atomic E-state index is 10.8. The summed E-state index contributed by atoms with van der Waals surface area (Å²) in [7, 11) is 0. The maximum atomic E-state index is 10.8. The van der Waals surface area contributed by atoms with Gasteiger partial charge in [0.1, 0.15) is 5.78 Å². The molecule has 2 atom stereocenters. The van der Waals surface area contributed by atoms with Gasteiger partial charge < -0.3 is 5.32 Å². The second-order valence-corrected chi connectivity index (χ2v) is 3.12. The quantitative estimate of drug-likeness (QED) is 0.536. The Morgan fingerprint density at radius 1 is 1.44 bits per heavy atom. The van der Waals surface area contributed by atoms with Crippen molar-refractivity contribution < 1.29 is 4.79 Å². The summed E-state index contributed by atoms with van der Waals surface area (Å²) >= 11 is 0. The molecule has 0 bridgehead atoms. The molecule has 2 nitrogen and oxygen atoms in total. The van der Waals surface area contributed by atoms with Crippen LogP contribution in [0.4, 0.5) is 0 Å². The first kappa shape index (κ1) is 5.42. The van der Waals surface area contributed by atoms with Crippen molar-refractivity contribution in [3.63, 3.8) is 0 Å². The molecule has 9 heavy (non-hydrogen) atoms. The smallest absolute Gasteiger partial charge is 0.133 e. The minimum atomic E-state index is 0.395. The lowest BCUT2D eigenvalue weighted by Gasteiger charge is -1.97. The number of carbonyl (C=O) groups is 1. The van der Waals surface area contributed by atoms with E-state index in [0.29, 0.717) is 23.5 Å². The van der Waals surface area contributed by atoms with E-state index >= 15 is 0 Å². The Balaban J connectivity index is 2.02. The van der Waals surface area contributed by atoms with Crippen molar-refractivity contribution in [1.82, 2.24) is 5.32 Å². The van der Waals surface area contributed by atoms with E-state index in [1.807, 2.05) is 0 Å². The average Bonchev–Trinajstić information content (AvgIpc) is 2.30. The van der Waals surface area contributed by atoms with Crippen molar-refractivity contribution in [3.05, 3.63) is 0 Å². The minimum Gasteiger partial charge on any atom is -0.316 e. The van der Waals surface area contributed by atoms with E-state index in [2.05, 4.69) is 5.32 Å². The van der Waals surface area contributed by atoms with Crippen molar-refractivity contribution >= 4 is 5.78 Å². The Labute approximate surface area is 54.6 Å². The first-order chi connectivity index (χ1) is 4.30. The predicted octanol–water partition coefficient (Wildman–Crippen LogP) is 0.0408. The van der Waals surface area contributed by atoms with Crippen molar-refractivity contribution in [1.29, 1.82) is 0 Å². The third-order valence-corrected chi connectivity index (χ3v) is 2.56. The molecule has 2 unspecified atom stereocenters. The molecule has 1 aliphatic carbocycles. The summed E-state index contributed by atoms with van der Waals surface area (Å²) in [5, 5.41) is 3.25. The van der Waals surface area contributed by atoms with Crippen LogP contribution in [0.5, 0.6) is 0 Å². The fraction of sp³-hybridized carbons (Fsp3) is 0.857. The molecule has 1 saturated carbocycles. The molecule has 1 N–H and O–H groups in total. The minimum absolute atomic E-state index is 0.395. The highest BCUT2D eigenvalue weighted by atomic mass is 16.1. The van der Waals surface area contributed by atoms with Crippen LogP contribution in [0.15, 0.2) is 0 Å². The summed E-state index contributed by atoms with van der Waals surface area (Å²) in [4.78, 5) is 10.8. The van der Waals surface area contributed by atoms with Crippen LogP contribution >= 0.6 is 0 Å². The summed E-state index contributed by atoms with van der Waals surface area (Å²) in [5.41, 5.74) is 0. The van der Waals surface area contributed by atoms with E-state index in [1.165, 1.54) is 0 Å². The molecule has 0 amide bonds. The zero-order chi connectivity index (χ0) is 6.43. The van der Waals surface area contributed by atoms with Crippen LogP contribution in [0.2, 0.25) is 0 Å². The van der Waals surface area contributed by atoms with Gasteiger partial charge in [-0.25, -0.2) is 0 Å². The Kier molecular flexibility index (Phi) is 0.943. The summed E-state index contributed by atoms with van der Waals surface area (Å²) in [6, 6.07) is 0.